The summed E-state index contributed by atoms with van der Waals surface area (Å²) in [5.41, 5.74) is 3.07. The Morgan fingerprint density at radius 1 is 0.907 bits per heavy atom. The monoisotopic (exact) mass is 617 g/mol. The van der Waals surface area contributed by atoms with Gasteiger partial charge in [-0.05, 0) is 62.2 Å². The number of fused-ring (bicyclic) bond motifs is 3. The number of furan rings is 1. The predicted molar refractivity (Wildman–Crippen MR) is 168 cm³/mol. The van der Waals surface area contributed by atoms with E-state index in [-0.39, 0.29) is 15.5 Å². The minimum atomic E-state index is -3.81. The Bertz CT molecular complexity index is 1910. The molecule has 0 spiro atoms. The lowest BCUT2D eigenvalue weighted by Gasteiger charge is -2.21. The second-order valence-electron chi connectivity index (χ2n) is 11.0. The van der Waals surface area contributed by atoms with Gasteiger partial charge in [-0.3, -0.25) is 0 Å². The zero-order chi connectivity index (χ0) is 30.8. The number of sulfone groups is 1. The van der Waals surface area contributed by atoms with Crippen molar-refractivity contribution in [2.24, 2.45) is 0 Å². The molecule has 1 amide bonds. The highest BCUT2D eigenvalue weighted by atomic mass is 32.2. The highest BCUT2D eigenvalue weighted by Gasteiger charge is 2.24. The van der Waals surface area contributed by atoms with E-state index in [1.54, 1.807) is 63.2 Å². The Kier molecular flexibility index (Phi) is 8.52. The van der Waals surface area contributed by atoms with E-state index in [9.17, 15) is 23.1 Å². The Balaban J connectivity index is 1.29. The van der Waals surface area contributed by atoms with Crippen molar-refractivity contribution in [1.29, 1.82) is 0 Å². The fourth-order valence-corrected chi connectivity index (χ4v) is 6.94. The Hall–Kier alpha value is -4.28. The number of carboxylic acids is 1. The number of alkyl carbamates (subject to hydrolysis) is 1. The van der Waals surface area contributed by atoms with Gasteiger partial charge >= 0.3 is 12.1 Å². The van der Waals surface area contributed by atoms with Crippen molar-refractivity contribution in [2.45, 2.75) is 48.0 Å². The van der Waals surface area contributed by atoms with Gasteiger partial charge in [-0.25, -0.2) is 18.0 Å². The zero-order valence-corrected chi connectivity index (χ0v) is 25.5. The van der Waals surface area contributed by atoms with Gasteiger partial charge in [-0.15, -0.1) is 0 Å². The average molecular weight is 618 g/mol. The van der Waals surface area contributed by atoms with Gasteiger partial charge in [0, 0.05) is 27.8 Å². The number of carbonyl (C=O) groups excluding carboxylic acids is 1. The molecule has 4 aromatic carbocycles. The molecule has 5 rings (SSSR count). The van der Waals surface area contributed by atoms with Crippen LogP contribution in [0.3, 0.4) is 0 Å². The lowest BCUT2D eigenvalue weighted by molar-refractivity contribution is -0.138. The molecule has 222 valence electrons. The molecule has 43 heavy (non-hydrogen) atoms. The van der Waals surface area contributed by atoms with E-state index in [1.807, 2.05) is 48.5 Å². The van der Waals surface area contributed by atoms with Crippen molar-refractivity contribution < 1.29 is 32.3 Å². The number of aliphatic carboxylic acids is 1. The van der Waals surface area contributed by atoms with Crippen LogP contribution in [0.2, 0.25) is 0 Å². The van der Waals surface area contributed by atoms with Crippen molar-refractivity contribution in [3.63, 3.8) is 0 Å². The molecule has 0 aliphatic heterocycles. The van der Waals surface area contributed by atoms with Crippen LogP contribution in [0, 0.1) is 0 Å². The second-order valence-corrected chi connectivity index (χ2v) is 14.0. The summed E-state index contributed by atoms with van der Waals surface area (Å²) in [7, 11) is -3.81. The molecule has 0 aliphatic carbocycles. The van der Waals surface area contributed by atoms with Gasteiger partial charge in [0.2, 0.25) is 9.84 Å². The molecule has 1 unspecified atom stereocenters. The number of hydrogen-bond acceptors (Lipinski definition) is 7. The number of carboxylic acid groups (broad SMARTS) is 1. The minimum absolute atomic E-state index is 0.111. The first kappa shape index (κ1) is 30.2. The summed E-state index contributed by atoms with van der Waals surface area (Å²) in [5, 5.41) is 13.8. The molecule has 1 atom stereocenters. The second kappa shape index (κ2) is 12.1. The Morgan fingerprint density at radius 2 is 1.60 bits per heavy atom. The van der Waals surface area contributed by atoms with Gasteiger partial charge in [0.05, 0.1) is 9.79 Å². The van der Waals surface area contributed by atoms with Crippen molar-refractivity contribution in [1.82, 2.24) is 5.32 Å². The van der Waals surface area contributed by atoms with Crippen LogP contribution in [0.15, 0.2) is 105 Å². The molecule has 0 saturated carbocycles. The molecule has 0 radical (unpaired) electrons. The van der Waals surface area contributed by atoms with Gasteiger partial charge < -0.3 is 19.6 Å². The molecule has 5 aromatic rings. The molecule has 1 heterocycles. The van der Waals surface area contributed by atoms with Gasteiger partial charge in [0.15, 0.2) is 0 Å². The molecule has 8 nitrogen and oxygen atoms in total. The van der Waals surface area contributed by atoms with Gasteiger partial charge in [0.25, 0.3) is 0 Å². The highest BCUT2D eigenvalue weighted by Crippen LogP contribution is 2.36. The number of hydrogen-bond donors (Lipinski definition) is 2. The van der Waals surface area contributed by atoms with Crippen LogP contribution in [0.5, 0.6) is 0 Å². The molecule has 1 aromatic heterocycles. The molecule has 10 heteroatoms. The smallest absolute Gasteiger partial charge is 0.408 e. The first-order valence-corrected chi connectivity index (χ1v) is 16.2. The zero-order valence-electron chi connectivity index (χ0n) is 23.9. The fourth-order valence-electron chi connectivity index (χ4n) is 4.63. The maximum absolute atomic E-state index is 13.6. The van der Waals surface area contributed by atoms with E-state index in [0.717, 1.165) is 33.0 Å². The van der Waals surface area contributed by atoms with Gasteiger partial charge in [0.1, 0.15) is 22.8 Å². The van der Waals surface area contributed by atoms with E-state index >= 15 is 0 Å². The lowest BCUT2D eigenvalue weighted by atomic mass is 10.0. The summed E-state index contributed by atoms with van der Waals surface area (Å²) >= 11 is 1.30. The first-order valence-electron chi connectivity index (χ1n) is 13.6. The summed E-state index contributed by atoms with van der Waals surface area (Å²) in [6.45, 7) is 5.08. The lowest BCUT2D eigenvalue weighted by Crippen LogP contribution is -2.44. The Morgan fingerprint density at radius 3 is 2.33 bits per heavy atom. The maximum Gasteiger partial charge on any atom is 0.408 e. The standard InChI is InChI=1S/C33H31NO7S2/c1-33(2,3)41-32(37)34-28(31(35)36)20-42-19-21-14-16-23(17-15-21)43(38,39)24-9-6-8-22(18-24)25-11-7-12-27-26-10-4-5-13-29(26)40-30(25)27/h4-18,28H,19-20H2,1-3H3,(H,34,37)(H,35,36). The molecule has 0 saturated heterocycles. The van der Waals surface area contributed by atoms with E-state index in [4.69, 9.17) is 9.15 Å². The number of carbonyl (C=O) groups is 2. The normalized spacial score (nSPS) is 12.7. The third-order valence-corrected chi connectivity index (χ3v) is 9.51. The summed E-state index contributed by atoms with van der Waals surface area (Å²) in [6, 6.07) is 25.8. The topological polar surface area (TPSA) is 123 Å². The number of amides is 1. The molecule has 0 bridgehead atoms. The first-order chi connectivity index (χ1) is 20.4. The number of thioether (sulfide) groups is 1. The van der Waals surface area contributed by atoms with Crippen molar-refractivity contribution in [3.8, 4) is 11.1 Å². The highest BCUT2D eigenvalue weighted by molar-refractivity contribution is 7.98. The quantitative estimate of drug-likeness (QED) is 0.177. The van der Waals surface area contributed by atoms with Crippen LogP contribution in [-0.4, -0.2) is 43.0 Å². The van der Waals surface area contributed by atoms with E-state index in [1.165, 1.54) is 11.8 Å². The van der Waals surface area contributed by atoms with E-state index in [2.05, 4.69) is 5.32 Å². The molecule has 2 N–H and O–H groups in total. The van der Waals surface area contributed by atoms with Crippen molar-refractivity contribution in [3.05, 3.63) is 96.6 Å². The summed E-state index contributed by atoms with van der Waals surface area (Å²) < 4.78 is 38.4. The molecule has 0 aliphatic rings. The third-order valence-electron chi connectivity index (χ3n) is 6.64. The van der Waals surface area contributed by atoms with Crippen LogP contribution in [0.1, 0.15) is 26.3 Å². The summed E-state index contributed by atoms with van der Waals surface area (Å²) in [5.74, 6) is -0.630. The molecular formula is C33H31NO7S2. The Labute approximate surface area is 254 Å². The number of para-hydroxylation sites is 2. The molecular weight excluding hydrogens is 586 g/mol. The van der Waals surface area contributed by atoms with Crippen molar-refractivity contribution >= 4 is 55.6 Å². The molecule has 0 fully saturated rings. The number of benzene rings is 4. The predicted octanol–water partition coefficient (Wildman–Crippen LogP) is 7.30. The van der Waals surface area contributed by atoms with Crippen LogP contribution < -0.4 is 5.32 Å². The fraction of sp³-hybridized carbons (Fsp3) is 0.212. The SMILES string of the molecule is CC(C)(C)OC(=O)NC(CSCc1ccc(S(=O)(=O)c2cccc(-c3cccc4c3oc3ccccc34)c2)cc1)C(=O)O. The van der Waals surface area contributed by atoms with Crippen LogP contribution >= 0.6 is 11.8 Å². The van der Waals surface area contributed by atoms with Crippen LogP contribution in [0.4, 0.5) is 4.79 Å². The van der Waals surface area contributed by atoms with Gasteiger partial charge in [-0.1, -0.05) is 60.7 Å². The van der Waals surface area contributed by atoms with Crippen LogP contribution in [0.25, 0.3) is 33.1 Å². The summed E-state index contributed by atoms with van der Waals surface area (Å²) in [4.78, 5) is 23.9. The van der Waals surface area contributed by atoms with Gasteiger partial charge in [-0.2, -0.15) is 11.8 Å². The maximum atomic E-state index is 13.6. The summed E-state index contributed by atoms with van der Waals surface area (Å²) in [6.07, 6.45) is -0.798. The van der Waals surface area contributed by atoms with Crippen molar-refractivity contribution in [2.75, 3.05) is 5.75 Å². The average Bonchev–Trinajstić information content (AvgIpc) is 3.35. The third kappa shape index (κ3) is 6.87. The largest absolute Gasteiger partial charge is 0.480 e. The minimum Gasteiger partial charge on any atom is -0.480 e. The van der Waals surface area contributed by atoms with E-state index < -0.39 is 33.5 Å². The van der Waals surface area contributed by atoms with E-state index in [0.29, 0.717) is 11.3 Å². The van der Waals surface area contributed by atoms with Crippen LogP contribution in [-0.2, 0) is 25.1 Å². The number of nitrogens with one attached hydrogen (secondary N) is 1. The number of ether oxygens (including phenoxy) is 1. The number of rotatable bonds is 9.